The Labute approximate surface area is 54.8 Å². The lowest BCUT2D eigenvalue weighted by molar-refractivity contribution is -0.107. The predicted octanol–water partition coefficient (Wildman–Crippen LogP) is 0.534. The molecule has 1 heterocycles. The van der Waals surface area contributed by atoms with E-state index in [4.69, 9.17) is 10.1 Å². The van der Waals surface area contributed by atoms with E-state index < -0.39 is 0 Å². The first-order valence-electron chi connectivity index (χ1n) is 3.07. The van der Waals surface area contributed by atoms with Gasteiger partial charge in [0.25, 0.3) is 0 Å². The third-order valence-electron chi connectivity index (χ3n) is 1.06. The van der Waals surface area contributed by atoms with Crippen molar-refractivity contribution in [1.82, 2.24) is 5.06 Å². The molecule has 0 bridgehead atoms. The number of hydrogen-bond donors (Lipinski definition) is 0. The van der Waals surface area contributed by atoms with Gasteiger partial charge in [0, 0.05) is 0 Å². The van der Waals surface area contributed by atoms with Crippen LogP contribution in [0.4, 0.5) is 0 Å². The summed E-state index contributed by atoms with van der Waals surface area (Å²) in [7, 11) is 0. The van der Waals surface area contributed by atoms with Crippen molar-refractivity contribution in [2.45, 2.75) is 26.0 Å². The van der Waals surface area contributed by atoms with Gasteiger partial charge in [0.05, 0.1) is 18.7 Å². The maximum absolute atomic E-state index is 8.32. The van der Waals surface area contributed by atoms with Crippen LogP contribution < -0.4 is 0 Å². The molecular weight excluding hydrogens is 116 g/mol. The summed E-state index contributed by atoms with van der Waals surface area (Å²) in [6.07, 6.45) is 0.198. The van der Waals surface area contributed by atoms with Crippen LogP contribution in [0, 0.1) is 11.3 Å². The van der Waals surface area contributed by atoms with Crippen molar-refractivity contribution in [3.05, 3.63) is 0 Å². The van der Waals surface area contributed by atoms with Crippen LogP contribution in [0.5, 0.6) is 0 Å². The van der Waals surface area contributed by atoms with Crippen molar-refractivity contribution in [1.29, 1.82) is 5.26 Å². The van der Waals surface area contributed by atoms with Crippen LogP contribution in [0.3, 0.4) is 0 Å². The standard InChI is InChI=1S/C6H10N2O/c1-5(2)9-8-4-6(8)3-7/h5-6H,4H2,1-2H3. The van der Waals surface area contributed by atoms with Crippen LogP contribution in [0.1, 0.15) is 13.8 Å². The summed E-state index contributed by atoms with van der Waals surface area (Å²) in [5.41, 5.74) is 0. The largest absolute Gasteiger partial charge is 0.295 e. The highest BCUT2D eigenvalue weighted by atomic mass is 16.7. The molecule has 1 aliphatic heterocycles. The van der Waals surface area contributed by atoms with Crippen molar-refractivity contribution >= 4 is 0 Å². The zero-order chi connectivity index (χ0) is 6.85. The van der Waals surface area contributed by atoms with E-state index in [2.05, 4.69) is 6.07 Å². The maximum atomic E-state index is 8.32. The molecule has 0 aromatic heterocycles. The van der Waals surface area contributed by atoms with E-state index in [-0.39, 0.29) is 12.1 Å². The average Bonchev–Trinajstić information content (AvgIpc) is 2.45. The topological polar surface area (TPSA) is 36.0 Å². The second kappa shape index (κ2) is 2.34. The van der Waals surface area contributed by atoms with E-state index in [1.807, 2.05) is 13.8 Å². The monoisotopic (exact) mass is 126 g/mol. The summed E-state index contributed by atoms with van der Waals surface area (Å²) in [6.45, 7) is 4.67. The van der Waals surface area contributed by atoms with Gasteiger partial charge in [-0.1, -0.05) is 0 Å². The first-order chi connectivity index (χ1) is 4.24. The molecular formula is C6H10N2O. The summed E-state index contributed by atoms with van der Waals surface area (Å²) in [5.74, 6) is 0. The van der Waals surface area contributed by atoms with Gasteiger partial charge in [-0.3, -0.25) is 4.84 Å². The molecule has 0 amide bonds. The zero-order valence-corrected chi connectivity index (χ0v) is 5.66. The van der Waals surface area contributed by atoms with Crippen molar-refractivity contribution in [3.63, 3.8) is 0 Å². The molecule has 0 aliphatic carbocycles. The normalized spacial score (nSPS) is 32.2. The highest BCUT2D eigenvalue weighted by Gasteiger charge is 2.35. The third-order valence-corrected chi connectivity index (χ3v) is 1.06. The van der Waals surface area contributed by atoms with Crippen LogP contribution in [0.2, 0.25) is 0 Å². The number of rotatable bonds is 2. The van der Waals surface area contributed by atoms with E-state index in [0.717, 1.165) is 6.54 Å². The molecule has 0 N–H and O–H groups in total. The quantitative estimate of drug-likeness (QED) is 0.506. The van der Waals surface area contributed by atoms with Gasteiger partial charge < -0.3 is 0 Å². The highest BCUT2D eigenvalue weighted by Crippen LogP contribution is 2.17. The lowest BCUT2D eigenvalue weighted by Gasteiger charge is -2.04. The smallest absolute Gasteiger partial charge is 0.137 e. The van der Waals surface area contributed by atoms with Crippen molar-refractivity contribution in [2.75, 3.05) is 6.54 Å². The van der Waals surface area contributed by atoms with Gasteiger partial charge in [-0.2, -0.15) is 10.3 Å². The number of nitrogens with zero attached hydrogens (tertiary/aromatic N) is 2. The van der Waals surface area contributed by atoms with Crippen LogP contribution in [0.15, 0.2) is 0 Å². The minimum Gasteiger partial charge on any atom is -0.295 e. The molecule has 1 aliphatic rings. The van der Waals surface area contributed by atoms with Crippen molar-refractivity contribution in [3.8, 4) is 6.07 Å². The third kappa shape index (κ3) is 1.67. The number of hydrogen-bond acceptors (Lipinski definition) is 3. The SMILES string of the molecule is CC(C)ON1CC1C#N. The van der Waals surface area contributed by atoms with Gasteiger partial charge in [0.1, 0.15) is 6.04 Å². The first-order valence-corrected chi connectivity index (χ1v) is 3.07. The fourth-order valence-corrected chi connectivity index (χ4v) is 0.616. The molecule has 1 rings (SSSR count). The molecule has 3 heteroatoms. The molecule has 0 aromatic carbocycles. The summed E-state index contributed by atoms with van der Waals surface area (Å²) in [6, 6.07) is 2.12. The molecule has 0 saturated carbocycles. The maximum Gasteiger partial charge on any atom is 0.137 e. The average molecular weight is 126 g/mol. The summed E-state index contributed by atoms with van der Waals surface area (Å²) >= 11 is 0. The van der Waals surface area contributed by atoms with Gasteiger partial charge in [0.2, 0.25) is 0 Å². The second-order valence-electron chi connectivity index (χ2n) is 2.40. The summed E-state index contributed by atoms with van der Waals surface area (Å²) in [4.78, 5) is 5.18. The van der Waals surface area contributed by atoms with Gasteiger partial charge >= 0.3 is 0 Å². The van der Waals surface area contributed by atoms with Gasteiger partial charge in [-0.15, -0.1) is 0 Å². The summed E-state index contributed by atoms with van der Waals surface area (Å²) in [5, 5.41) is 10.0. The van der Waals surface area contributed by atoms with E-state index in [9.17, 15) is 0 Å². The minimum absolute atomic E-state index is 0.0207. The van der Waals surface area contributed by atoms with Crippen molar-refractivity contribution in [2.24, 2.45) is 0 Å². The summed E-state index contributed by atoms with van der Waals surface area (Å²) < 4.78 is 0. The lowest BCUT2D eigenvalue weighted by Crippen LogP contribution is -2.09. The zero-order valence-electron chi connectivity index (χ0n) is 5.66. The van der Waals surface area contributed by atoms with Crippen LogP contribution in [-0.2, 0) is 4.84 Å². The van der Waals surface area contributed by atoms with E-state index >= 15 is 0 Å². The van der Waals surface area contributed by atoms with E-state index in [1.54, 1.807) is 5.06 Å². The Morgan fingerprint density at radius 1 is 1.78 bits per heavy atom. The molecule has 2 unspecified atom stereocenters. The van der Waals surface area contributed by atoms with Crippen LogP contribution in [0.25, 0.3) is 0 Å². The molecule has 0 radical (unpaired) electrons. The Morgan fingerprint density at radius 2 is 2.44 bits per heavy atom. The Morgan fingerprint density at radius 3 is 2.78 bits per heavy atom. The molecule has 3 nitrogen and oxygen atoms in total. The molecule has 0 aromatic rings. The highest BCUT2D eigenvalue weighted by molar-refractivity contribution is 5.01. The molecule has 2 atom stereocenters. The Hall–Kier alpha value is -0.590. The fourth-order valence-electron chi connectivity index (χ4n) is 0.616. The van der Waals surface area contributed by atoms with E-state index in [0.29, 0.717) is 0 Å². The number of nitriles is 1. The minimum atomic E-state index is 0.0207. The lowest BCUT2D eigenvalue weighted by atomic mass is 10.5. The fraction of sp³-hybridized carbons (Fsp3) is 0.833. The van der Waals surface area contributed by atoms with Crippen LogP contribution >= 0.6 is 0 Å². The Balaban J connectivity index is 2.14. The molecule has 1 saturated heterocycles. The van der Waals surface area contributed by atoms with Gasteiger partial charge in [-0.05, 0) is 13.8 Å². The molecule has 50 valence electrons. The second-order valence-corrected chi connectivity index (χ2v) is 2.40. The van der Waals surface area contributed by atoms with Gasteiger partial charge in [-0.25, -0.2) is 0 Å². The Kier molecular flexibility index (Phi) is 1.70. The molecule has 9 heavy (non-hydrogen) atoms. The van der Waals surface area contributed by atoms with Crippen LogP contribution in [-0.4, -0.2) is 23.8 Å². The predicted molar refractivity (Wildman–Crippen MR) is 32.3 cm³/mol. The van der Waals surface area contributed by atoms with Crippen molar-refractivity contribution < 1.29 is 4.84 Å². The Bertz CT molecular complexity index is 138. The van der Waals surface area contributed by atoms with E-state index in [1.165, 1.54) is 0 Å². The number of hydroxylamine groups is 2. The molecule has 0 spiro atoms. The van der Waals surface area contributed by atoms with Gasteiger partial charge in [0.15, 0.2) is 0 Å². The first kappa shape index (κ1) is 6.53. The molecule has 1 fully saturated rings.